The fourth-order valence-corrected chi connectivity index (χ4v) is 0.982. The van der Waals surface area contributed by atoms with Gasteiger partial charge < -0.3 is 5.11 Å². The van der Waals surface area contributed by atoms with Crippen LogP contribution in [0.1, 0.15) is 18.3 Å². The van der Waals surface area contributed by atoms with E-state index in [0.717, 1.165) is 12.1 Å². The summed E-state index contributed by atoms with van der Waals surface area (Å²) in [5.41, 5.74) is 1.33. The maximum atomic E-state index is 10.4. The molecule has 0 atom stereocenters. The quantitative estimate of drug-likeness (QED) is 0.716. The van der Waals surface area contributed by atoms with Gasteiger partial charge in [0, 0.05) is 12.4 Å². The Morgan fingerprint density at radius 2 is 2.00 bits per heavy atom. The number of hydrogen-bond acceptors (Lipinski definition) is 3. The van der Waals surface area contributed by atoms with E-state index in [1.807, 2.05) is 6.92 Å². The number of aliphatic carboxylic acids is 1. The summed E-state index contributed by atoms with van der Waals surface area (Å²) in [4.78, 5) is 18.3. The standard InChI is InChI=1S/C8H10N2O2/c1-2-6-7(5-8(11)12)10-4-3-9-6/h3-4H,2,5H2,1H3,(H,11,12). The van der Waals surface area contributed by atoms with Crippen molar-refractivity contribution in [3.05, 3.63) is 23.8 Å². The monoisotopic (exact) mass is 166 g/mol. The molecule has 1 rings (SSSR count). The van der Waals surface area contributed by atoms with Crippen LogP contribution in [-0.4, -0.2) is 21.0 Å². The minimum Gasteiger partial charge on any atom is -0.481 e. The topological polar surface area (TPSA) is 63.1 Å². The second-order valence-electron chi connectivity index (χ2n) is 2.37. The van der Waals surface area contributed by atoms with Crippen LogP contribution in [0.15, 0.2) is 12.4 Å². The van der Waals surface area contributed by atoms with Crippen molar-refractivity contribution >= 4 is 5.97 Å². The summed E-state index contributed by atoms with van der Waals surface area (Å²) in [6.45, 7) is 1.93. The average molecular weight is 166 g/mol. The van der Waals surface area contributed by atoms with Crippen LogP contribution in [0.25, 0.3) is 0 Å². The molecular formula is C8H10N2O2. The third kappa shape index (κ3) is 2.02. The van der Waals surface area contributed by atoms with E-state index >= 15 is 0 Å². The van der Waals surface area contributed by atoms with Gasteiger partial charge in [-0.3, -0.25) is 14.8 Å². The van der Waals surface area contributed by atoms with E-state index in [-0.39, 0.29) is 6.42 Å². The molecule has 0 aromatic carbocycles. The summed E-state index contributed by atoms with van der Waals surface area (Å²) in [6, 6.07) is 0. The third-order valence-corrected chi connectivity index (χ3v) is 1.51. The molecule has 0 saturated carbocycles. The minimum atomic E-state index is -0.870. The molecule has 0 fully saturated rings. The predicted octanol–water partition coefficient (Wildman–Crippen LogP) is 0.666. The number of hydrogen-bond donors (Lipinski definition) is 1. The molecule has 1 N–H and O–H groups in total. The van der Waals surface area contributed by atoms with Crippen LogP contribution in [-0.2, 0) is 17.6 Å². The van der Waals surface area contributed by atoms with Crippen LogP contribution < -0.4 is 0 Å². The van der Waals surface area contributed by atoms with Gasteiger partial charge in [-0.05, 0) is 6.42 Å². The molecule has 0 spiro atoms. The predicted molar refractivity (Wildman–Crippen MR) is 42.7 cm³/mol. The first kappa shape index (κ1) is 8.64. The van der Waals surface area contributed by atoms with E-state index in [0.29, 0.717) is 5.69 Å². The molecule has 64 valence electrons. The van der Waals surface area contributed by atoms with Gasteiger partial charge in [0.2, 0.25) is 0 Å². The highest BCUT2D eigenvalue weighted by Gasteiger charge is 2.06. The largest absolute Gasteiger partial charge is 0.481 e. The Balaban J connectivity index is 2.89. The number of nitrogens with zero attached hydrogens (tertiary/aromatic N) is 2. The molecule has 0 aliphatic rings. The molecule has 1 heterocycles. The van der Waals surface area contributed by atoms with E-state index in [2.05, 4.69) is 9.97 Å². The highest BCUT2D eigenvalue weighted by molar-refractivity contribution is 5.69. The molecule has 0 aliphatic heterocycles. The molecule has 0 bridgehead atoms. The molecule has 4 heteroatoms. The maximum absolute atomic E-state index is 10.4. The number of aryl methyl sites for hydroxylation is 1. The van der Waals surface area contributed by atoms with Crippen LogP contribution in [0.5, 0.6) is 0 Å². The highest BCUT2D eigenvalue weighted by Crippen LogP contribution is 2.02. The van der Waals surface area contributed by atoms with Crippen molar-refractivity contribution in [3.63, 3.8) is 0 Å². The Bertz CT molecular complexity index is 286. The Morgan fingerprint density at radius 3 is 2.50 bits per heavy atom. The van der Waals surface area contributed by atoms with Crippen molar-refractivity contribution in [3.8, 4) is 0 Å². The van der Waals surface area contributed by atoms with Gasteiger partial charge in [0.05, 0.1) is 17.8 Å². The van der Waals surface area contributed by atoms with Crippen molar-refractivity contribution in [2.24, 2.45) is 0 Å². The summed E-state index contributed by atoms with van der Waals surface area (Å²) in [5, 5.41) is 8.52. The summed E-state index contributed by atoms with van der Waals surface area (Å²) in [7, 11) is 0. The molecule has 0 radical (unpaired) electrons. The van der Waals surface area contributed by atoms with Gasteiger partial charge in [-0.15, -0.1) is 0 Å². The van der Waals surface area contributed by atoms with E-state index in [1.165, 1.54) is 6.20 Å². The van der Waals surface area contributed by atoms with Gasteiger partial charge in [0.1, 0.15) is 0 Å². The van der Waals surface area contributed by atoms with Gasteiger partial charge in [0.25, 0.3) is 0 Å². The van der Waals surface area contributed by atoms with E-state index in [4.69, 9.17) is 5.11 Å². The second kappa shape index (κ2) is 3.80. The smallest absolute Gasteiger partial charge is 0.309 e. The Labute approximate surface area is 70.3 Å². The van der Waals surface area contributed by atoms with Crippen LogP contribution in [0.2, 0.25) is 0 Å². The van der Waals surface area contributed by atoms with Gasteiger partial charge in [0.15, 0.2) is 0 Å². The highest BCUT2D eigenvalue weighted by atomic mass is 16.4. The summed E-state index contributed by atoms with van der Waals surface area (Å²) < 4.78 is 0. The lowest BCUT2D eigenvalue weighted by Crippen LogP contribution is -2.06. The van der Waals surface area contributed by atoms with Crippen molar-refractivity contribution in [1.29, 1.82) is 0 Å². The third-order valence-electron chi connectivity index (χ3n) is 1.51. The molecule has 0 aliphatic carbocycles. The maximum Gasteiger partial charge on any atom is 0.309 e. The van der Waals surface area contributed by atoms with Gasteiger partial charge in [-0.1, -0.05) is 6.92 Å². The van der Waals surface area contributed by atoms with Gasteiger partial charge in [-0.25, -0.2) is 0 Å². The first-order chi connectivity index (χ1) is 5.74. The van der Waals surface area contributed by atoms with Crippen molar-refractivity contribution in [2.75, 3.05) is 0 Å². The number of carboxylic acids is 1. The van der Waals surface area contributed by atoms with Gasteiger partial charge in [-0.2, -0.15) is 0 Å². The lowest BCUT2D eigenvalue weighted by atomic mass is 10.2. The number of carboxylic acid groups (broad SMARTS) is 1. The molecule has 12 heavy (non-hydrogen) atoms. The molecule has 4 nitrogen and oxygen atoms in total. The van der Waals surface area contributed by atoms with Crippen molar-refractivity contribution in [1.82, 2.24) is 9.97 Å². The fraction of sp³-hybridized carbons (Fsp3) is 0.375. The Kier molecular flexibility index (Phi) is 2.74. The first-order valence-corrected chi connectivity index (χ1v) is 3.74. The zero-order valence-corrected chi connectivity index (χ0v) is 6.82. The first-order valence-electron chi connectivity index (χ1n) is 3.74. The van der Waals surface area contributed by atoms with Crippen molar-refractivity contribution < 1.29 is 9.90 Å². The molecule has 0 unspecified atom stereocenters. The second-order valence-corrected chi connectivity index (χ2v) is 2.37. The summed E-state index contributed by atoms with van der Waals surface area (Å²) in [6.07, 6.45) is 3.76. The SMILES string of the molecule is CCc1nccnc1CC(=O)O. The molecule has 1 aromatic rings. The molecule has 0 saturated heterocycles. The van der Waals surface area contributed by atoms with Gasteiger partial charge >= 0.3 is 5.97 Å². The summed E-state index contributed by atoms with van der Waals surface area (Å²) >= 11 is 0. The van der Waals surface area contributed by atoms with Crippen LogP contribution in [0.3, 0.4) is 0 Å². The van der Waals surface area contributed by atoms with E-state index in [1.54, 1.807) is 6.20 Å². The minimum absolute atomic E-state index is 0.0446. The van der Waals surface area contributed by atoms with Crippen LogP contribution in [0, 0.1) is 0 Å². The van der Waals surface area contributed by atoms with Crippen molar-refractivity contribution in [2.45, 2.75) is 19.8 Å². The fourth-order valence-electron chi connectivity index (χ4n) is 0.982. The Morgan fingerprint density at radius 1 is 1.42 bits per heavy atom. The molecule has 1 aromatic heterocycles. The van der Waals surface area contributed by atoms with Crippen LogP contribution >= 0.6 is 0 Å². The number of rotatable bonds is 3. The lowest BCUT2D eigenvalue weighted by Gasteiger charge is -2.00. The zero-order valence-electron chi connectivity index (χ0n) is 6.82. The molecule has 0 amide bonds. The van der Waals surface area contributed by atoms with Crippen LogP contribution in [0.4, 0.5) is 0 Å². The Hall–Kier alpha value is -1.45. The van der Waals surface area contributed by atoms with E-state index < -0.39 is 5.97 Å². The lowest BCUT2D eigenvalue weighted by molar-refractivity contribution is -0.136. The summed E-state index contributed by atoms with van der Waals surface area (Å²) in [5.74, 6) is -0.870. The van der Waals surface area contributed by atoms with E-state index in [9.17, 15) is 4.79 Å². The normalized spacial score (nSPS) is 9.75. The number of carbonyl (C=O) groups is 1. The number of aromatic nitrogens is 2. The molecular weight excluding hydrogens is 156 g/mol. The average Bonchev–Trinajstić information content (AvgIpc) is 2.04. The zero-order chi connectivity index (χ0) is 8.97.